The summed E-state index contributed by atoms with van der Waals surface area (Å²) in [5.41, 5.74) is 0.708. The number of hydrogen-bond donors (Lipinski definition) is 1. The molecule has 2 fully saturated rings. The molecule has 0 aromatic heterocycles. The molecule has 0 amide bonds. The highest BCUT2D eigenvalue weighted by Gasteiger charge is 2.44. The molecule has 26 heavy (non-hydrogen) atoms. The van der Waals surface area contributed by atoms with E-state index in [1.807, 2.05) is 0 Å². The van der Waals surface area contributed by atoms with E-state index in [-0.39, 0.29) is 19.3 Å². The summed E-state index contributed by atoms with van der Waals surface area (Å²) < 4.78 is 44.8. The molecule has 0 spiro atoms. The molecule has 3 unspecified atom stereocenters. The van der Waals surface area contributed by atoms with E-state index in [0.717, 1.165) is 12.8 Å². The van der Waals surface area contributed by atoms with Crippen molar-refractivity contribution in [2.24, 2.45) is 0 Å². The zero-order valence-corrected chi connectivity index (χ0v) is 16.1. The molecule has 1 aromatic rings. The second-order valence-electron chi connectivity index (χ2n) is 6.46. The Morgan fingerprint density at radius 2 is 2.12 bits per heavy atom. The van der Waals surface area contributed by atoms with E-state index in [9.17, 15) is 8.42 Å². The number of rotatable bonds is 7. The van der Waals surface area contributed by atoms with Crippen LogP contribution in [-0.4, -0.2) is 65.9 Å². The van der Waals surface area contributed by atoms with Crippen molar-refractivity contribution >= 4 is 10.0 Å². The van der Waals surface area contributed by atoms with E-state index in [4.69, 9.17) is 19.0 Å². The van der Waals surface area contributed by atoms with Gasteiger partial charge in [-0.25, -0.2) is 13.1 Å². The molecule has 146 valence electrons. The highest BCUT2D eigenvalue weighted by molar-refractivity contribution is 7.90. The second kappa shape index (κ2) is 8.10. The van der Waals surface area contributed by atoms with Crippen LogP contribution in [0.4, 0.5) is 0 Å². The van der Waals surface area contributed by atoms with Gasteiger partial charge in [-0.2, -0.15) is 5.06 Å². The van der Waals surface area contributed by atoms with Gasteiger partial charge in [0.2, 0.25) is 10.0 Å². The summed E-state index contributed by atoms with van der Waals surface area (Å²) in [6.07, 6.45) is 1.77. The Labute approximate surface area is 154 Å². The lowest BCUT2D eigenvalue weighted by atomic mass is 10.0. The number of hydrogen-bond acceptors (Lipinski definition) is 7. The fourth-order valence-corrected chi connectivity index (χ4v) is 4.97. The summed E-state index contributed by atoms with van der Waals surface area (Å²) >= 11 is 0. The predicted molar refractivity (Wildman–Crippen MR) is 95.7 cm³/mol. The molecule has 3 rings (SSSR count). The monoisotopic (exact) mass is 386 g/mol. The molecule has 2 saturated heterocycles. The summed E-state index contributed by atoms with van der Waals surface area (Å²) in [6, 6.07) is 4.82. The van der Waals surface area contributed by atoms with Crippen LogP contribution in [0.2, 0.25) is 0 Å². The maximum Gasteiger partial charge on any atom is 0.218 e. The number of benzene rings is 1. The molecule has 0 radical (unpaired) electrons. The van der Waals surface area contributed by atoms with Crippen LogP contribution >= 0.6 is 0 Å². The van der Waals surface area contributed by atoms with Crippen molar-refractivity contribution < 1.29 is 27.5 Å². The lowest BCUT2D eigenvalue weighted by Gasteiger charge is -2.25. The number of sulfonamides is 1. The molecule has 0 saturated carbocycles. The maximum atomic E-state index is 12.9. The number of ether oxygens (including phenoxy) is 3. The minimum absolute atomic E-state index is 0.0605. The summed E-state index contributed by atoms with van der Waals surface area (Å²) in [5, 5.41) is 0.794. The lowest BCUT2D eigenvalue weighted by molar-refractivity contribution is -0.110. The Balaban J connectivity index is 1.85. The third-order valence-electron chi connectivity index (χ3n) is 4.88. The molecule has 1 aromatic carbocycles. The summed E-state index contributed by atoms with van der Waals surface area (Å²) in [4.78, 5) is 5.55. The number of methoxy groups -OCH3 is 2. The van der Waals surface area contributed by atoms with Gasteiger partial charge in [-0.1, -0.05) is 0 Å². The Morgan fingerprint density at radius 1 is 1.31 bits per heavy atom. The van der Waals surface area contributed by atoms with Crippen molar-refractivity contribution in [1.82, 2.24) is 9.79 Å². The molecule has 9 heteroatoms. The first kappa shape index (κ1) is 19.4. The van der Waals surface area contributed by atoms with Gasteiger partial charge in [0.05, 0.1) is 33.0 Å². The fourth-order valence-electron chi connectivity index (χ4n) is 3.44. The van der Waals surface area contributed by atoms with Crippen molar-refractivity contribution in [2.45, 2.75) is 30.2 Å². The van der Waals surface area contributed by atoms with Crippen LogP contribution < -0.4 is 14.2 Å². The highest BCUT2D eigenvalue weighted by atomic mass is 32.2. The number of hydroxylamine groups is 2. The molecular weight excluding hydrogens is 360 g/mol. The van der Waals surface area contributed by atoms with Gasteiger partial charge in [0, 0.05) is 25.8 Å². The lowest BCUT2D eigenvalue weighted by Crippen LogP contribution is -2.42. The Bertz CT molecular complexity index is 720. The van der Waals surface area contributed by atoms with E-state index in [1.165, 1.54) is 0 Å². The van der Waals surface area contributed by atoms with Crippen LogP contribution in [0.15, 0.2) is 18.2 Å². The molecule has 2 aliphatic rings. The van der Waals surface area contributed by atoms with Crippen LogP contribution in [0.5, 0.6) is 11.5 Å². The smallest absolute Gasteiger partial charge is 0.218 e. The molecule has 8 nitrogen and oxygen atoms in total. The van der Waals surface area contributed by atoms with E-state index < -0.39 is 21.3 Å². The minimum atomic E-state index is -3.62. The zero-order valence-electron chi connectivity index (χ0n) is 15.3. The summed E-state index contributed by atoms with van der Waals surface area (Å²) in [6.45, 7) is 1.04. The van der Waals surface area contributed by atoms with Crippen LogP contribution in [0.25, 0.3) is 0 Å². The van der Waals surface area contributed by atoms with Gasteiger partial charge in [-0.3, -0.25) is 4.84 Å². The highest BCUT2D eigenvalue weighted by Crippen LogP contribution is 2.39. The zero-order chi connectivity index (χ0) is 18.7. The maximum absolute atomic E-state index is 12.9. The number of nitrogens with zero attached hydrogens (tertiary/aromatic N) is 1. The van der Waals surface area contributed by atoms with Crippen LogP contribution in [0, 0.1) is 0 Å². The molecule has 1 N–H and O–H groups in total. The van der Waals surface area contributed by atoms with Crippen molar-refractivity contribution in [3.8, 4) is 11.5 Å². The van der Waals surface area contributed by atoms with Crippen molar-refractivity contribution in [3.05, 3.63) is 23.8 Å². The number of nitrogens with one attached hydrogen (secondary N) is 1. The van der Waals surface area contributed by atoms with Crippen LogP contribution in [0.3, 0.4) is 0 Å². The largest absolute Gasteiger partial charge is 0.497 e. The molecule has 2 aliphatic heterocycles. The first-order valence-corrected chi connectivity index (χ1v) is 10.2. The van der Waals surface area contributed by atoms with Gasteiger partial charge in [0.1, 0.15) is 16.7 Å². The van der Waals surface area contributed by atoms with E-state index in [1.54, 1.807) is 44.5 Å². The first-order valence-electron chi connectivity index (χ1n) is 8.64. The van der Waals surface area contributed by atoms with Gasteiger partial charge < -0.3 is 14.2 Å². The van der Waals surface area contributed by atoms with Gasteiger partial charge >= 0.3 is 0 Å². The molecule has 0 bridgehead atoms. The van der Waals surface area contributed by atoms with Gasteiger partial charge in [-0.05, 0) is 31.0 Å². The first-order chi connectivity index (χ1) is 12.5. The second-order valence-corrected chi connectivity index (χ2v) is 8.45. The quantitative estimate of drug-likeness (QED) is 0.751. The standard InChI is InChI=1S/C17H26N2O6S/c1-19-17(14-9-12(22-2)6-7-15(14)23-3)16(11-25-19)26(20,21)18-10-13-5-4-8-24-13/h6-7,9,13,16-18H,4-5,8,10-11H2,1-3H3. The van der Waals surface area contributed by atoms with Crippen molar-refractivity contribution in [1.29, 1.82) is 0 Å². The molecule has 2 heterocycles. The molecular formula is C17H26N2O6S. The summed E-state index contributed by atoms with van der Waals surface area (Å²) in [7, 11) is 1.23. The molecule has 3 atom stereocenters. The average molecular weight is 386 g/mol. The molecule has 0 aliphatic carbocycles. The Kier molecular flexibility index (Phi) is 6.03. The van der Waals surface area contributed by atoms with E-state index >= 15 is 0 Å². The third-order valence-corrected chi connectivity index (χ3v) is 6.64. The average Bonchev–Trinajstić information content (AvgIpc) is 3.29. The van der Waals surface area contributed by atoms with Gasteiger partial charge in [0.15, 0.2) is 0 Å². The van der Waals surface area contributed by atoms with E-state index in [0.29, 0.717) is 23.7 Å². The SMILES string of the molecule is COc1ccc(OC)c(C2C(S(=O)(=O)NCC3CCCO3)CON2C)c1. The Hall–Kier alpha value is -1.39. The van der Waals surface area contributed by atoms with Gasteiger partial charge in [-0.15, -0.1) is 0 Å². The van der Waals surface area contributed by atoms with Crippen molar-refractivity contribution in [2.75, 3.05) is 41.0 Å². The van der Waals surface area contributed by atoms with Crippen LogP contribution in [-0.2, 0) is 19.6 Å². The van der Waals surface area contributed by atoms with E-state index in [2.05, 4.69) is 4.72 Å². The Morgan fingerprint density at radius 3 is 2.77 bits per heavy atom. The van der Waals surface area contributed by atoms with Gasteiger partial charge in [0.25, 0.3) is 0 Å². The predicted octanol–water partition coefficient (Wildman–Crippen LogP) is 1.09. The summed E-state index contributed by atoms with van der Waals surface area (Å²) in [5.74, 6) is 1.22. The fraction of sp³-hybridized carbons (Fsp3) is 0.647. The topological polar surface area (TPSA) is 86.3 Å². The van der Waals surface area contributed by atoms with Crippen molar-refractivity contribution in [3.63, 3.8) is 0 Å². The van der Waals surface area contributed by atoms with Crippen LogP contribution in [0.1, 0.15) is 24.4 Å². The third kappa shape index (κ3) is 3.96. The normalized spacial score (nSPS) is 27.0. The minimum Gasteiger partial charge on any atom is -0.497 e.